The summed E-state index contributed by atoms with van der Waals surface area (Å²) in [6, 6.07) is 7.29. The highest BCUT2D eigenvalue weighted by Gasteiger charge is 2.30. The van der Waals surface area contributed by atoms with E-state index < -0.39 is 6.04 Å². The van der Waals surface area contributed by atoms with Crippen molar-refractivity contribution in [3.63, 3.8) is 0 Å². The number of piperazine rings is 1. The second-order valence-electron chi connectivity index (χ2n) is 6.21. The SMILES string of the molecule is CC(=O)N[C@H](C(=O)N1CCN(c2cccc(Cl)c2)CC1)C(C)C. The molecule has 2 rings (SSSR count). The third-order valence-electron chi connectivity index (χ3n) is 4.06. The summed E-state index contributed by atoms with van der Waals surface area (Å²) in [5.41, 5.74) is 1.08. The van der Waals surface area contributed by atoms with Crippen molar-refractivity contribution < 1.29 is 9.59 Å². The molecule has 0 aromatic heterocycles. The molecular formula is C17H24ClN3O2. The van der Waals surface area contributed by atoms with Gasteiger partial charge in [0.2, 0.25) is 11.8 Å². The van der Waals surface area contributed by atoms with Crippen LogP contribution in [0.4, 0.5) is 5.69 Å². The summed E-state index contributed by atoms with van der Waals surface area (Å²) in [5, 5.41) is 3.48. The minimum absolute atomic E-state index is 0.000874. The Hall–Kier alpha value is -1.75. The third kappa shape index (κ3) is 4.61. The lowest BCUT2D eigenvalue weighted by atomic mass is 10.0. The zero-order chi connectivity index (χ0) is 17.0. The smallest absolute Gasteiger partial charge is 0.245 e. The van der Waals surface area contributed by atoms with Gasteiger partial charge in [-0.15, -0.1) is 0 Å². The second-order valence-corrected chi connectivity index (χ2v) is 6.65. The van der Waals surface area contributed by atoms with E-state index in [1.807, 2.05) is 43.0 Å². The van der Waals surface area contributed by atoms with E-state index in [-0.39, 0.29) is 17.7 Å². The normalized spacial score (nSPS) is 16.4. The van der Waals surface area contributed by atoms with E-state index in [1.54, 1.807) is 0 Å². The monoisotopic (exact) mass is 337 g/mol. The van der Waals surface area contributed by atoms with E-state index in [0.717, 1.165) is 18.8 Å². The van der Waals surface area contributed by atoms with Gasteiger partial charge in [0.25, 0.3) is 0 Å². The lowest BCUT2D eigenvalue weighted by Crippen LogP contribution is -2.56. The number of carbonyl (C=O) groups excluding carboxylic acids is 2. The lowest BCUT2D eigenvalue weighted by Gasteiger charge is -2.38. The molecule has 6 heteroatoms. The van der Waals surface area contributed by atoms with E-state index in [2.05, 4.69) is 10.2 Å². The average molecular weight is 338 g/mol. The van der Waals surface area contributed by atoms with Crippen LogP contribution in [0.3, 0.4) is 0 Å². The maximum absolute atomic E-state index is 12.6. The van der Waals surface area contributed by atoms with Gasteiger partial charge < -0.3 is 15.1 Å². The lowest BCUT2D eigenvalue weighted by molar-refractivity contribution is -0.137. The average Bonchev–Trinajstić information content (AvgIpc) is 2.52. The van der Waals surface area contributed by atoms with Crippen molar-refractivity contribution in [2.24, 2.45) is 5.92 Å². The van der Waals surface area contributed by atoms with Gasteiger partial charge in [-0.3, -0.25) is 9.59 Å². The van der Waals surface area contributed by atoms with Crippen molar-refractivity contribution >= 4 is 29.1 Å². The first-order valence-corrected chi connectivity index (χ1v) is 8.32. The van der Waals surface area contributed by atoms with E-state index in [1.165, 1.54) is 6.92 Å². The molecule has 1 N–H and O–H groups in total. The maximum atomic E-state index is 12.6. The summed E-state index contributed by atoms with van der Waals surface area (Å²) in [6.45, 7) is 8.15. The summed E-state index contributed by atoms with van der Waals surface area (Å²) in [6.07, 6.45) is 0. The maximum Gasteiger partial charge on any atom is 0.245 e. The zero-order valence-electron chi connectivity index (χ0n) is 13.9. The number of anilines is 1. The molecule has 1 fully saturated rings. The number of nitrogens with one attached hydrogen (secondary N) is 1. The summed E-state index contributed by atoms with van der Waals surface area (Å²) >= 11 is 6.04. The van der Waals surface area contributed by atoms with E-state index in [9.17, 15) is 9.59 Å². The molecule has 0 aliphatic carbocycles. The van der Waals surface area contributed by atoms with Crippen LogP contribution in [0.15, 0.2) is 24.3 Å². The Labute approximate surface area is 142 Å². The molecule has 1 saturated heterocycles. The summed E-state index contributed by atoms with van der Waals surface area (Å²) in [7, 11) is 0. The van der Waals surface area contributed by atoms with Gasteiger partial charge >= 0.3 is 0 Å². The van der Waals surface area contributed by atoms with Gasteiger partial charge in [0, 0.05) is 43.8 Å². The Morgan fingerprint density at radius 3 is 2.35 bits per heavy atom. The van der Waals surface area contributed by atoms with Gasteiger partial charge in [-0.2, -0.15) is 0 Å². The van der Waals surface area contributed by atoms with Crippen LogP contribution in [-0.4, -0.2) is 48.9 Å². The molecule has 1 aromatic carbocycles. The second kappa shape index (κ2) is 7.68. The number of benzene rings is 1. The first-order valence-electron chi connectivity index (χ1n) is 7.95. The molecule has 5 nitrogen and oxygen atoms in total. The predicted octanol–water partition coefficient (Wildman–Crippen LogP) is 2.15. The summed E-state index contributed by atoms with van der Waals surface area (Å²) in [4.78, 5) is 28.0. The molecule has 1 aromatic rings. The van der Waals surface area contributed by atoms with Crippen LogP contribution in [0.1, 0.15) is 20.8 Å². The number of hydrogen-bond acceptors (Lipinski definition) is 3. The van der Waals surface area contributed by atoms with E-state index in [4.69, 9.17) is 11.6 Å². The predicted molar refractivity (Wildman–Crippen MR) is 92.7 cm³/mol. The van der Waals surface area contributed by atoms with Crippen molar-refractivity contribution in [3.05, 3.63) is 29.3 Å². The molecule has 1 heterocycles. The van der Waals surface area contributed by atoms with Crippen LogP contribution in [-0.2, 0) is 9.59 Å². The molecule has 126 valence electrons. The molecule has 1 atom stereocenters. The first kappa shape index (κ1) is 17.6. The first-order chi connectivity index (χ1) is 10.9. The Morgan fingerprint density at radius 2 is 1.83 bits per heavy atom. The molecule has 23 heavy (non-hydrogen) atoms. The molecule has 0 saturated carbocycles. The van der Waals surface area contributed by atoms with Crippen LogP contribution in [0.25, 0.3) is 0 Å². The number of nitrogens with zero attached hydrogens (tertiary/aromatic N) is 2. The topological polar surface area (TPSA) is 52.7 Å². The van der Waals surface area contributed by atoms with Crippen molar-refractivity contribution in [1.82, 2.24) is 10.2 Å². The summed E-state index contributed by atoms with van der Waals surface area (Å²) in [5.74, 6) is -0.104. The number of amides is 2. The molecular weight excluding hydrogens is 314 g/mol. The molecule has 0 spiro atoms. The van der Waals surface area contributed by atoms with Gasteiger partial charge in [0.1, 0.15) is 6.04 Å². The number of halogens is 1. The Morgan fingerprint density at radius 1 is 1.17 bits per heavy atom. The molecule has 0 radical (unpaired) electrons. The molecule has 1 aliphatic rings. The fourth-order valence-electron chi connectivity index (χ4n) is 2.79. The van der Waals surface area contributed by atoms with Gasteiger partial charge in [0.15, 0.2) is 0 Å². The number of hydrogen-bond donors (Lipinski definition) is 1. The van der Waals surface area contributed by atoms with Gasteiger partial charge in [-0.05, 0) is 24.1 Å². The van der Waals surface area contributed by atoms with Crippen molar-refractivity contribution in [2.45, 2.75) is 26.8 Å². The fourth-order valence-corrected chi connectivity index (χ4v) is 2.97. The molecule has 0 bridgehead atoms. The van der Waals surface area contributed by atoms with Crippen LogP contribution < -0.4 is 10.2 Å². The number of rotatable bonds is 4. The van der Waals surface area contributed by atoms with Crippen LogP contribution in [0.2, 0.25) is 5.02 Å². The largest absolute Gasteiger partial charge is 0.368 e. The Kier molecular flexibility index (Phi) is 5.88. The Bertz CT molecular complexity index is 569. The van der Waals surface area contributed by atoms with E-state index in [0.29, 0.717) is 18.1 Å². The van der Waals surface area contributed by atoms with E-state index >= 15 is 0 Å². The molecule has 1 aliphatic heterocycles. The highest BCUT2D eigenvalue weighted by molar-refractivity contribution is 6.30. The van der Waals surface area contributed by atoms with Gasteiger partial charge in [-0.1, -0.05) is 31.5 Å². The fraction of sp³-hybridized carbons (Fsp3) is 0.529. The minimum Gasteiger partial charge on any atom is -0.368 e. The Balaban J connectivity index is 1.97. The zero-order valence-corrected chi connectivity index (χ0v) is 14.6. The molecule has 2 amide bonds. The van der Waals surface area contributed by atoms with Gasteiger partial charge in [-0.25, -0.2) is 0 Å². The van der Waals surface area contributed by atoms with Crippen molar-refractivity contribution in [1.29, 1.82) is 0 Å². The summed E-state index contributed by atoms with van der Waals surface area (Å²) < 4.78 is 0. The third-order valence-corrected chi connectivity index (χ3v) is 4.29. The highest BCUT2D eigenvalue weighted by Crippen LogP contribution is 2.21. The number of carbonyl (C=O) groups is 2. The van der Waals surface area contributed by atoms with Crippen LogP contribution in [0, 0.1) is 5.92 Å². The van der Waals surface area contributed by atoms with Crippen molar-refractivity contribution in [3.8, 4) is 0 Å². The quantitative estimate of drug-likeness (QED) is 0.916. The standard InChI is InChI=1S/C17H24ClN3O2/c1-12(2)16(19-13(3)22)17(23)21-9-7-20(8-10-21)15-6-4-5-14(18)11-15/h4-6,11-12,16H,7-10H2,1-3H3,(H,19,22)/t16-/m0/s1. The van der Waals surface area contributed by atoms with Crippen LogP contribution >= 0.6 is 11.6 Å². The van der Waals surface area contributed by atoms with Gasteiger partial charge in [0.05, 0.1) is 0 Å². The van der Waals surface area contributed by atoms with Crippen LogP contribution in [0.5, 0.6) is 0 Å². The highest BCUT2D eigenvalue weighted by atomic mass is 35.5. The minimum atomic E-state index is -0.454. The van der Waals surface area contributed by atoms with Crippen molar-refractivity contribution in [2.75, 3.05) is 31.1 Å². The molecule has 0 unspecified atom stereocenters.